The molecule has 0 N–H and O–H groups in total. The molecule has 0 aliphatic heterocycles. The van der Waals surface area contributed by atoms with Crippen LogP contribution in [0.2, 0.25) is 0 Å². The van der Waals surface area contributed by atoms with Crippen LogP contribution in [-0.4, -0.2) is 26.4 Å². The minimum absolute atomic E-state index is 0.658. The van der Waals surface area contributed by atoms with Gasteiger partial charge < -0.3 is 4.74 Å². The number of hydrogen-bond donors (Lipinski definition) is 0. The average molecular weight is 286 g/mol. The number of thiazole rings is 1. The van der Waals surface area contributed by atoms with Crippen LogP contribution < -0.4 is 4.74 Å². The van der Waals surface area contributed by atoms with Gasteiger partial charge in [0.25, 0.3) is 0 Å². The average Bonchev–Trinajstić information content (AvgIpc) is 3.12. The Balaban J connectivity index is 1.57. The van der Waals surface area contributed by atoms with E-state index >= 15 is 0 Å². The molecule has 0 bridgehead atoms. The van der Waals surface area contributed by atoms with Crippen molar-refractivity contribution < 1.29 is 4.74 Å². The highest BCUT2D eigenvalue weighted by Gasteiger charge is 2.02. The zero-order valence-corrected chi connectivity index (χ0v) is 11.9. The minimum atomic E-state index is 0.658. The summed E-state index contributed by atoms with van der Waals surface area (Å²) in [5.41, 5.74) is 3.94. The predicted octanol–water partition coefficient (Wildman–Crippen LogP) is 2.65. The summed E-state index contributed by atoms with van der Waals surface area (Å²) in [4.78, 5) is 9.43. The van der Waals surface area contributed by atoms with Crippen molar-refractivity contribution in [2.75, 3.05) is 6.61 Å². The first-order valence-corrected chi connectivity index (χ1v) is 7.18. The first-order chi connectivity index (χ1) is 9.83. The van der Waals surface area contributed by atoms with E-state index in [1.165, 1.54) is 11.2 Å². The van der Waals surface area contributed by atoms with Gasteiger partial charge in [-0.15, -0.1) is 11.3 Å². The summed E-state index contributed by atoms with van der Waals surface area (Å²) in [5, 5.41) is 4.08. The van der Waals surface area contributed by atoms with Crippen molar-refractivity contribution >= 4 is 11.3 Å². The van der Waals surface area contributed by atoms with Crippen molar-refractivity contribution in [2.24, 2.45) is 0 Å². The molecule has 6 heteroatoms. The van der Waals surface area contributed by atoms with Gasteiger partial charge in [-0.1, -0.05) is 0 Å². The molecule has 0 amide bonds. The molecule has 0 saturated heterocycles. The van der Waals surface area contributed by atoms with E-state index in [-0.39, 0.29) is 0 Å². The fourth-order valence-electron chi connectivity index (χ4n) is 1.86. The third-order valence-electron chi connectivity index (χ3n) is 2.96. The third kappa shape index (κ3) is 2.85. The van der Waals surface area contributed by atoms with Gasteiger partial charge in [-0.2, -0.15) is 5.10 Å². The molecular weight excluding hydrogens is 272 g/mol. The lowest BCUT2D eigenvalue weighted by Gasteiger charge is -2.06. The van der Waals surface area contributed by atoms with Gasteiger partial charge in [0.05, 0.1) is 23.5 Å². The SMILES string of the molecule is Cc1ncsc1CCOc1ccc(-n2cncn2)cc1. The minimum Gasteiger partial charge on any atom is -0.493 e. The summed E-state index contributed by atoms with van der Waals surface area (Å²) in [6.07, 6.45) is 4.07. The second-order valence-corrected chi connectivity index (χ2v) is 5.23. The lowest BCUT2D eigenvalue weighted by atomic mass is 10.3. The number of benzene rings is 1. The molecule has 3 rings (SSSR count). The van der Waals surface area contributed by atoms with E-state index in [2.05, 4.69) is 15.1 Å². The van der Waals surface area contributed by atoms with E-state index in [0.29, 0.717) is 6.61 Å². The first-order valence-electron chi connectivity index (χ1n) is 6.30. The van der Waals surface area contributed by atoms with E-state index in [1.54, 1.807) is 22.3 Å². The molecule has 3 aromatic rings. The van der Waals surface area contributed by atoms with Crippen molar-refractivity contribution in [3.63, 3.8) is 0 Å². The highest BCUT2D eigenvalue weighted by molar-refractivity contribution is 7.09. The first kappa shape index (κ1) is 12.8. The fourth-order valence-corrected chi connectivity index (χ4v) is 2.63. The standard InChI is InChI=1S/C14H14N4OS/c1-11-14(20-10-16-11)6-7-19-13-4-2-12(3-5-13)18-9-15-8-17-18/h2-5,8-10H,6-7H2,1H3. The summed E-state index contributed by atoms with van der Waals surface area (Å²) in [5.74, 6) is 0.857. The van der Waals surface area contributed by atoms with Crippen LogP contribution in [0.3, 0.4) is 0 Å². The molecule has 0 spiro atoms. The van der Waals surface area contributed by atoms with Crippen LogP contribution in [0.5, 0.6) is 5.75 Å². The normalized spacial score (nSPS) is 10.7. The van der Waals surface area contributed by atoms with Crippen molar-refractivity contribution in [3.05, 3.63) is 53.0 Å². The Morgan fingerprint density at radius 3 is 2.75 bits per heavy atom. The lowest BCUT2D eigenvalue weighted by molar-refractivity contribution is 0.322. The quantitative estimate of drug-likeness (QED) is 0.723. The molecule has 0 radical (unpaired) electrons. The van der Waals surface area contributed by atoms with E-state index < -0.39 is 0 Å². The van der Waals surface area contributed by atoms with E-state index in [0.717, 1.165) is 23.6 Å². The second-order valence-electron chi connectivity index (χ2n) is 4.29. The zero-order valence-electron chi connectivity index (χ0n) is 11.1. The molecule has 0 aliphatic carbocycles. The summed E-state index contributed by atoms with van der Waals surface area (Å²) in [6, 6.07) is 7.80. The molecule has 2 aromatic heterocycles. The van der Waals surface area contributed by atoms with Crippen LogP contribution in [-0.2, 0) is 6.42 Å². The molecule has 0 aliphatic rings. The van der Waals surface area contributed by atoms with Gasteiger partial charge in [0, 0.05) is 11.3 Å². The largest absolute Gasteiger partial charge is 0.493 e. The number of aryl methyl sites for hydroxylation is 1. The molecule has 5 nitrogen and oxygen atoms in total. The number of rotatable bonds is 5. The topological polar surface area (TPSA) is 52.8 Å². The van der Waals surface area contributed by atoms with Gasteiger partial charge in [0.2, 0.25) is 0 Å². The summed E-state index contributed by atoms with van der Waals surface area (Å²) < 4.78 is 7.45. The predicted molar refractivity (Wildman–Crippen MR) is 77.4 cm³/mol. The zero-order chi connectivity index (χ0) is 13.8. The van der Waals surface area contributed by atoms with Gasteiger partial charge >= 0.3 is 0 Å². The number of aromatic nitrogens is 4. The number of ether oxygens (including phenoxy) is 1. The van der Waals surface area contributed by atoms with Gasteiger partial charge in [-0.25, -0.2) is 14.6 Å². The van der Waals surface area contributed by atoms with Crippen LogP contribution in [0.4, 0.5) is 0 Å². The maximum atomic E-state index is 5.74. The van der Waals surface area contributed by atoms with Crippen molar-refractivity contribution in [2.45, 2.75) is 13.3 Å². The van der Waals surface area contributed by atoms with Crippen molar-refractivity contribution in [1.29, 1.82) is 0 Å². The molecule has 0 saturated carbocycles. The van der Waals surface area contributed by atoms with Gasteiger partial charge in [-0.3, -0.25) is 0 Å². The van der Waals surface area contributed by atoms with E-state index in [9.17, 15) is 0 Å². The maximum absolute atomic E-state index is 5.74. The smallest absolute Gasteiger partial charge is 0.138 e. The Bertz CT molecular complexity index is 661. The molecule has 102 valence electrons. The van der Waals surface area contributed by atoms with Crippen LogP contribution in [0, 0.1) is 6.92 Å². The molecule has 1 aromatic carbocycles. The fraction of sp³-hybridized carbons (Fsp3) is 0.214. The Morgan fingerprint density at radius 2 is 2.10 bits per heavy atom. The monoisotopic (exact) mass is 286 g/mol. The maximum Gasteiger partial charge on any atom is 0.138 e. The van der Waals surface area contributed by atoms with Gasteiger partial charge in [-0.05, 0) is 31.2 Å². The molecule has 0 unspecified atom stereocenters. The summed E-state index contributed by atoms with van der Waals surface area (Å²) in [7, 11) is 0. The lowest BCUT2D eigenvalue weighted by Crippen LogP contribution is -2.01. The number of hydrogen-bond acceptors (Lipinski definition) is 5. The molecular formula is C14H14N4OS. The Morgan fingerprint density at radius 1 is 1.25 bits per heavy atom. The van der Waals surface area contributed by atoms with Crippen LogP contribution in [0.25, 0.3) is 5.69 Å². The van der Waals surface area contributed by atoms with Crippen LogP contribution in [0.15, 0.2) is 42.4 Å². The Kier molecular flexibility index (Phi) is 3.73. The Labute approximate surface area is 120 Å². The molecule has 0 fully saturated rings. The van der Waals surface area contributed by atoms with Gasteiger partial charge in [0.1, 0.15) is 18.4 Å². The van der Waals surface area contributed by atoms with Crippen LogP contribution in [0.1, 0.15) is 10.6 Å². The van der Waals surface area contributed by atoms with Crippen LogP contribution >= 0.6 is 11.3 Å². The number of nitrogens with zero attached hydrogens (tertiary/aromatic N) is 4. The summed E-state index contributed by atoms with van der Waals surface area (Å²) in [6.45, 7) is 2.68. The van der Waals surface area contributed by atoms with E-state index in [1.807, 2.05) is 36.7 Å². The summed E-state index contributed by atoms with van der Waals surface area (Å²) >= 11 is 1.68. The molecule has 0 atom stereocenters. The molecule has 2 heterocycles. The van der Waals surface area contributed by atoms with Crippen molar-refractivity contribution in [3.8, 4) is 11.4 Å². The van der Waals surface area contributed by atoms with E-state index in [4.69, 9.17) is 4.74 Å². The Hall–Kier alpha value is -2.21. The highest BCUT2D eigenvalue weighted by atomic mass is 32.1. The third-order valence-corrected chi connectivity index (χ3v) is 3.96. The molecule has 20 heavy (non-hydrogen) atoms. The van der Waals surface area contributed by atoms with Crippen molar-refractivity contribution in [1.82, 2.24) is 19.7 Å². The van der Waals surface area contributed by atoms with Gasteiger partial charge in [0.15, 0.2) is 0 Å². The second kappa shape index (κ2) is 5.83. The highest BCUT2D eigenvalue weighted by Crippen LogP contribution is 2.16.